The van der Waals surface area contributed by atoms with E-state index in [0.29, 0.717) is 5.92 Å². The van der Waals surface area contributed by atoms with Gasteiger partial charge in [0, 0.05) is 18.8 Å². The predicted molar refractivity (Wildman–Crippen MR) is 65.8 cm³/mol. The summed E-state index contributed by atoms with van der Waals surface area (Å²) in [4.78, 5) is 7.01. The molecular weight excluding hydrogens is 200 g/mol. The van der Waals surface area contributed by atoms with Crippen LogP contribution in [0.25, 0.3) is 0 Å². The molecule has 1 saturated heterocycles. The van der Waals surface area contributed by atoms with Gasteiger partial charge in [0.1, 0.15) is 5.82 Å². The molecule has 0 aliphatic carbocycles. The number of hydrogen-bond donors (Lipinski definition) is 0. The maximum absolute atomic E-state index is 5.35. The molecule has 0 spiro atoms. The van der Waals surface area contributed by atoms with Gasteiger partial charge in [-0.2, -0.15) is 0 Å². The van der Waals surface area contributed by atoms with Gasteiger partial charge in [-0.25, -0.2) is 4.98 Å². The summed E-state index contributed by atoms with van der Waals surface area (Å²) in [6, 6.07) is 6.31. The minimum Gasteiger partial charge on any atom is -0.378 e. The van der Waals surface area contributed by atoms with Gasteiger partial charge >= 0.3 is 0 Å². The molecule has 0 radical (unpaired) electrons. The summed E-state index contributed by atoms with van der Waals surface area (Å²) >= 11 is 0. The molecule has 3 heteroatoms. The Morgan fingerprint density at radius 2 is 2.06 bits per heavy atom. The third-order valence-electron chi connectivity index (χ3n) is 2.74. The Morgan fingerprint density at radius 1 is 1.31 bits per heavy atom. The summed E-state index contributed by atoms with van der Waals surface area (Å²) in [7, 11) is 0. The Kier molecular flexibility index (Phi) is 3.78. The fraction of sp³-hybridized carbons (Fsp3) is 0.615. The smallest absolute Gasteiger partial charge is 0.128 e. The molecule has 0 atom stereocenters. The van der Waals surface area contributed by atoms with E-state index in [-0.39, 0.29) is 0 Å². The molecule has 0 N–H and O–H groups in total. The summed E-state index contributed by atoms with van der Waals surface area (Å²) in [6.45, 7) is 7.99. The lowest BCUT2D eigenvalue weighted by Gasteiger charge is -2.28. The van der Waals surface area contributed by atoms with Crippen LogP contribution in [-0.2, 0) is 11.2 Å². The minimum atomic E-state index is 0.660. The number of rotatable bonds is 3. The normalized spacial score (nSPS) is 16.8. The zero-order valence-corrected chi connectivity index (χ0v) is 10.1. The number of aromatic nitrogens is 1. The molecule has 1 aliphatic rings. The van der Waals surface area contributed by atoms with Gasteiger partial charge in [0.15, 0.2) is 0 Å². The monoisotopic (exact) mass is 220 g/mol. The minimum absolute atomic E-state index is 0.660. The van der Waals surface area contributed by atoms with E-state index in [1.54, 1.807) is 0 Å². The Labute approximate surface area is 97.4 Å². The van der Waals surface area contributed by atoms with Gasteiger partial charge in [0.2, 0.25) is 0 Å². The van der Waals surface area contributed by atoms with Crippen molar-refractivity contribution in [2.75, 3.05) is 31.2 Å². The number of morpholine rings is 1. The lowest BCUT2D eigenvalue weighted by Crippen LogP contribution is -2.36. The van der Waals surface area contributed by atoms with Crippen LogP contribution in [0.5, 0.6) is 0 Å². The van der Waals surface area contributed by atoms with Crippen molar-refractivity contribution in [3.8, 4) is 0 Å². The Hall–Kier alpha value is -1.09. The summed E-state index contributed by atoms with van der Waals surface area (Å²) < 4.78 is 5.35. The van der Waals surface area contributed by atoms with Gasteiger partial charge in [0.25, 0.3) is 0 Å². The first-order chi connectivity index (χ1) is 7.75. The van der Waals surface area contributed by atoms with E-state index in [0.717, 1.165) is 38.5 Å². The Morgan fingerprint density at radius 3 is 2.75 bits per heavy atom. The second kappa shape index (κ2) is 5.30. The van der Waals surface area contributed by atoms with Crippen molar-refractivity contribution in [1.82, 2.24) is 4.98 Å². The number of ether oxygens (including phenoxy) is 1. The quantitative estimate of drug-likeness (QED) is 0.780. The van der Waals surface area contributed by atoms with Crippen molar-refractivity contribution >= 4 is 5.82 Å². The van der Waals surface area contributed by atoms with Crippen molar-refractivity contribution in [2.24, 2.45) is 5.92 Å². The average molecular weight is 220 g/mol. The second-order valence-corrected chi connectivity index (χ2v) is 4.68. The summed E-state index contributed by atoms with van der Waals surface area (Å²) in [5.74, 6) is 1.76. The summed E-state index contributed by atoms with van der Waals surface area (Å²) in [5, 5.41) is 0. The molecule has 1 aromatic heterocycles. The van der Waals surface area contributed by atoms with Crippen LogP contribution in [0.4, 0.5) is 5.82 Å². The van der Waals surface area contributed by atoms with Crippen LogP contribution in [0.2, 0.25) is 0 Å². The van der Waals surface area contributed by atoms with Crippen molar-refractivity contribution < 1.29 is 4.74 Å². The van der Waals surface area contributed by atoms with Crippen LogP contribution in [-0.4, -0.2) is 31.3 Å². The molecule has 16 heavy (non-hydrogen) atoms. The van der Waals surface area contributed by atoms with Crippen LogP contribution in [0.3, 0.4) is 0 Å². The molecule has 1 fully saturated rings. The fourth-order valence-electron chi connectivity index (χ4n) is 1.97. The van der Waals surface area contributed by atoms with E-state index in [1.807, 2.05) is 0 Å². The average Bonchev–Trinajstić information content (AvgIpc) is 2.30. The predicted octanol–water partition coefficient (Wildman–Crippen LogP) is 2.12. The van der Waals surface area contributed by atoms with Crippen molar-refractivity contribution in [1.29, 1.82) is 0 Å². The largest absolute Gasteiger partial charge is 0.378 e. The summed E-state index contributed by atoms with van der Waals surface area (Å²) in [6.07, 6.45) is 1.05. The first-order valence-corrected chi connectivity index (χ1v) is 6.04. The van der Waals surface area contributed by atoms with E-state index in [9.17, 15) is 0 Å². The maximum Gasteiger partial charge on any atom is 0.128 e. The number of hydrogen-bond acceptors (Lipinski definition) is 3. The van der Waals surface area contributed by atoms with E-state index in [4.69, 9.17) is 9.72 Å². The van der Waals surface area contributed by atoms with Crippen LogP contribution in [0.15, 0.2) is 18.2 Å². The Bertz CT molecular complexity index is 332. The third-order valence-corrected chi connectivity index (χ3v) is 2.74. The molecule has 2 heterocycles. The van der Waals surface area contributed by atoms with Crippen LogP contribution >= 0.6 is 0 Å². The second-order valence-electron chi connectivity index (χ2n) is 4.68. The van der Waals surface area contributed by atoms with Gasteiger partial charge in [-0.15, -0.1) is 0 Å². The molecule has 88 valence electrons. The highest BCUT2D eigenvalue weighted by atomic mass is 16.5. The molecule has 1 aromatic rings. The highest BCUT2D eigenvalue weighted by Crippen LogP contribution is 2.14. The first-order valence-electron chi connectivity index (χ1n) is 6.04. The standard InChI is InChI=1S/C13H20N2O/c1-11(2)10-12-4-3-5-13(14-12)15-6-8-16-9-7-15/h3-5,11H,6-10H2,1-2H3. The number of pyridine rings is 1. The van der Waals surface area contributed by atoms with Gasteiger partial charge in [-0.3, -0.25) is 0 Å². The molecule has 0 unspecified atom stereocenters. The molecule has 0 aromatic carbocycles. The lowest BCUT2D eigenvalue weighted by molar-refractivity contribution is 0.122. The van der Waals surface area contributed by atoms with Crippen molar-refractivity contribution in [3.05, 3.63) is 23.9 Å². The van der Waals surface area contributed by atoms with Crippen LogP contribution in [0.1, 0.15) is 19.5 Å². The first kappa shape index (κ1) is 11.4. The maximum atomic E-state index is 5.35. The number of nitrogens with zero attached hydrogens (tertiary/aromatic N) is 2. The molecule has 0 amide bonds. The molecule has 1 aliphatic heterocycles. The zero-order valence-electron chi connectivity index (χ0n) is 10.1. The van der Waals surface area contributed by atoms with Crippen LogP contribution < -0.4 is 4.90 Å². The van der Waals surface area contributed by atoms with Gasteiger partial charge in [0.05, 0.1) is 13.2 Å². The SMILES string of the molecule is CC(C)Cc1cccc(N2CCOCC2)n1. The van der Waals surface area contributed by atoms with Crippen molar-refractivity contribution in [2.45, 2.75) is 20.3 Å². The van der Waals surface area contributed by atoms with Crippen LogP contribution in [0, 0.1) is 5.92 Å². The van der Waals surface area contributed by atoms with Gasteiger partial charge in [-0.1, -0.05) is 19.9 Å². The van der Waals surface area contributed by atoms with Crippen molar-refractivity contribution in [3.63, 3.8) is 0 Å². The molecule has 2 rings (SSSR count). The van der Waals surface area contributed by atoms with E-state index in [2.05, 4.69) is 36.9 Å². The van der Waals surface area contributed by atoms with Gasteiger partial charge < -0.3 is 9.64 Å². The van der Waals surface area contributed by atoms with E-state index >= 15 is 0 Å². The lowest BCUT2D eigenvalue weighted by atomic mass is 10.1. The topological polar surface area (TPSA) is 25.4 Å². The summed E-state index contributed by atoms with van der Waals surface area (Å²) in [5.41, 5.74) is 1.19. The molecular formula is C13H20N2O. The Balaban J connectivity index is 2.08. The highest BCUT2D eigenvalue weighted by molar-refractivity contribution is 5.39. The molecule has 0 bridgehead atoms. The van der Waals surface area contributed by atoms with Gasteiger partial charge in [-0.05, 0) is 24.5 Å². The van der Waals surface area contributed by atoms with E-state index < -0.39 is 0 Å². The fourth-order valence-corrected chi connectivity index (χ4v) is 1.97. The van der Waals surface area contributed by atoms with E-state index in [1.165, 1.54) is 5.69 Å². The third kappa shape index (κ3) is 2.95. The zero-order chi connectivity index (χ0) is 11.4. The molecule has 3 nitrogen and oxygen atoms in total. The molecule has 0 saturated carbocycles. The highest BCUT2D eigenvalue weighted by Gasteiger charge is 2.12. The number of anilines is 1.